The summed E-state index contributed by atoms with van der Waals surface area (Å²) >= 11 is 0. The van der Waals surface area contributed by atoms with Crippen LogP contribution < -0.4 is 22.5 Å². The Hall–Kier alpha value is -1.93. The molecule has 2 amide bonds. The van der Waals surface area contributed by atoms with E-state index < -0.39 is 18.0 Å². The Morgan fingerprint density at radius 3 is 2.70 bits per heavy atom. The van der Waals surface area contributed by atoms with E-state index in [1.165, 1.54) is 6.33 Å². The van der Waals surface area contributed by atoms with Crippen molar-refractivity contribution in [3.8, 4) is 0 Å². The first-order valence-corrected chi connectivity index (χ1v) is 6.57. The second-order valence-electron chi connectivity index (χ2n) is 4.64. The first-order valence-electron chi connectivity index (χ1n) is 6.57. The lowest BCUT2D eigenvalue weighted by atomic mass is 10.1. The molecule has 0 aliphatic heterocycles. The number of imidazole rings is 1. The van der Waals surface area contributed by atoms with E-state index in [4.69, 9.17) is 17.2 Å². The molecule has 0 saturated heterocycles. The molecule has 0 saturated carbocycles. The van der Waals surface area contributed by atoms with E-state index >= 15 is 0 Å². The largest absolute Gasteiger partial charge is 0.368 e. The van der Waals surface area contributed by atoms with E-state index in [2.05, 4.69) is 15.3 Å². The van der Waals surface area contributed by atoms with Crippen molar-refractivity contribution in [2.45, 2.75) is 37.8 Å². The van der Waals surface area contributed by atoms with Crippen LogP contribution in [0.4, 0.5) is 0 Å². The highest BCUT2D eigenvalue weighted by Gasteiger charge is 2.22. The molecular formula is C12H22N6O2. The summed E-state index contributed by atoms with van der Waals surface area (Å²) in [5, 5.41) is 2.56. The van der Waals surface area contributed by atoms with Gasteiger partial charge in [-0.05, 0) is 19.4 Å². The minimum Gasteiger partial charge on any atom is -0.368 e. The Balaban J connectivity index is 2.48. The molecule has 8 N–H and O–H groups in total. The van der Waals surface area contributed by atoms with Crippen LogP contribution in [0.2, 0.25) is 0 Å². The van der Waals surface area contributed by atoms with Crippen molar-refractivity contribution in [2.24, 2.45) is 17.2 Å². The Bertz CT molecular complexity index is 420. The van der Waals surface area contributed by atoms with Gasteiger partial charge < -0.3 is 27.5 Å². The number of nitrogens with two attached hydrogens (primary N) is 3. The minimum atomic E-state index is -0.802. The summed E-state index contributed by atoms with van der Waals surface area (Å²) in [4.78, 5) is 29.9. The van der Waals surface area contributed by atoms with Crippen LogP contribution in [0.15, 0.2) is 12.5 Å². The molecular weight excluding hydrogens is 260 g/mol. The summed E-state index contributed by atoms with van der Waals surface area (Å²) in [5.41, 5.74) is 17.1. The third kappa shape index (κ3) is 5.37. The molecule has 0 unspecified atom stereocenters. The molecule has 2 atom stereocenters. The first kappa shape index (κ1) is 16.1. The number of hydrogen-bond acceptors (Lipinski definition) is 5. The third-order valence-corrected chi connectivity index (χ3v) is 2.94. The maximum Gasteiger partial charge on any atom is 0.240 e. The van der Waals surface area contributed by atoms with Gasteiger partial charge in [0.05, 0.1) is 12.4 Å². The molecule has 0 fully saturated rings. The fraction of sp³-hybridized carbons (Fsp3) is 0.583. The molecule has 112 valence electrons. The molecule has 8 heteroatoms. The third-order valence-electron chi connectivity index (χ3n) is 2.94. The van der Waals surface area contributed by atoms with Crippen molar-refractivity contribution in [1.29, 1.82) is 0 Å². The number of amides is 2. The molecule has 20 heavy (non-hydrogen) atoms. The van der Waals surface area contributed by atoms with Gasteiger partial charge in [0.1, 0.15) is 6.04 Å². The van der Waals surface area contributed by atoms with Crippen LogP contribution in [0.25, 0.3) is 0 Å². The zero-order valence-electron chi connectivity index (χ0n) is 11.3. The van der Waals surface area contributed by atoms with Crippen molar-refractivity contribution in [3.63, 3.8) is 0 Å². The summed E-state index contributed by atoms with van der Waals surface area (Å²) in [6.45, 7) is 0.568. The van der Waals surface area contributed by atoms with Crippen LogP contribution >= 0.6 is 0 Å². The fourth-order valence-electron chi connectivity index (χ4n) is 1.76. The zero-order valence-corrected chi connectivity index (χ0v) is 11.3. The molecule has 8 nitrogen and oxygen atoms in total. The van der Waals surface area contributed by atoms with Gasteiger partial charge in [-0.1, -0.05) is 6.42 Å². The Kier molecular flexibility index (Phi) is 6.68. The second-order valence-corrected chi connectivity index (χ2v) is 4.64. The van der Waals surface area contributed by atoms with E-state index in [9.17, 15) is 9.59 Å². The molecule has 0 aliphatic rings. The van der Waals surface area contributed by atoms with Crippen LogP contribution in [-0.2, 0) is 16.0 Å². The molecule has 0 aliphatic carbocycles. The number of nitrogens with zero attached hydrogens (tertiary/aromatic N) is 1. The van der Waals surface area contributed by atoms with E-state index in [0.29, 0.717) is 18.7 Å². The highest BCUT2D eigenvalue weighted by Crippen LogP contribution is 2.01. The number of H-pyrrole nitrogens is 1. The van der Waals surface area contributed by atoms with Crippen LogP contribution in [0.1, 0.15) is 25.0 Å². The SMILES string of the molecule is NCCCC[C@H](N)C(=O)N[C@@H](Cc1cnc[nH]1)C(N)=O. The summed E-state index contributed by atoms with van der Waals surface area (Å²) < 4.78 is 0. The number of primary amides is 1. The number of nitrogens with one attached hydrogen (secondary N) is 2. The second kappa shape index (κ2) is 8.28. The van der Waals surface area contributed by atoms with E-state index in [0.717, 1.165) is 12.8 Å². The van der Waals surface area contributed by atoms with Crippen molar-refractivity contribution >= 4 is 11.8 Å². The highest BCUT2D eigenvalue weighted by molar-refractivity contribution is 5.89. The minimum absolute atomic E-state index is 0.261. The summed E-state index contributed by atoms with van der Waals surface area (Å²) in [6.07, 6.45) is 5.44. The predicted octanol–water partition coefficient (Wildman–Crippen LogP) is -1.62. The fourth-order valence-corrected chi connectivity index (χ4v) is 1.76. The van der Waals surface area contributed by atoms with Crippen LogP contribution in [0.3, 0.4) is 0 Å². The van der Waals surface area contributed by atoms with Gasteiger partial charge in [0, 0.05) is 18.3 Å². The van der Waals surface area contributed by atoms with Crippen molar-refractivity contribution in [1.82, 2.24) is 15.3 Å². The van der Waals surface area contributed by atoms with Gasteiger partial charge >= 0.3 is 0 Å². The van der Waals surface area contributed by atoms with Gasteiger partial charge in [-0.25, -0.2) is 4.98 Å². The van der Waals surface area contributed by atoms with Crippen molar-refractivity contribution in [3.05, 3.63) is 18.2 Å². The normalized spacial score (nSPS) is 13.7. The van der Waals surface area contributed by atoms with Gasteiger partial charge in [0.25, 0.3) is 0 Å². The predicted molar refractivity (Wildman–Crippen MR) is 74.3 cm³/mol. The molecule has 1 heterocycles. The molecule has 1 rings (SSSR count). The van der Waals surface area contributed by atoms with Gasteiger partial charge in [-0.2, -0.15) is 0 Å². The lowest BCUT2D eigenvalue weighted by Crippen LogP contribution is -2.51. The molecule has 0 spiro atoms. The average molecular weight is 282 g/mol. The average Bonchev–Trinajstić information content (AvgIpc) is 2.90. The van der Waals surface area contributed by atoms with Gasteiger partial charge in [-0.3, -0.25) is 9.59 Å². The molecule has 1 aromatic rings. The highest BCUT2D eigenvalue weighted by atomic mass is 16.2. The number of aromatic amines is 1. The number of hydrogen-bond donors (Lipinski definition) is 5. The van der Waals surface area contributed by atoms with Crippen LogP contribution in [0, 0.1) is 0 Å². The number of unbranched alkanes of at least 4 members (excludes halogenated alkanes) is 1. The van der Waals surface area contributed by atoms with Crippen LogP contribution in [0.5, 0.6) is 0 Å². The maximum absolute atomic E-state index is 11.9. The quantitative estimate of drug-likeness (QED) is 0.344. The number of rotatable bonds is 9. The Labute approximate surface area is 117 Å². The number of carbonyl (C=O) groups excluding carboxylic acids is 2. The summed E-state index contributed by atoms with van der Waals surface area (Å²) in [7, 11) is 0. The smallest absolute Gasteiger partial charge is 0.240 e. The molecule has 0 aromatic carbocycles. The molecule has 0 radical (unpaired) electrons. The Morgan fingerprint density at radius 1 is 1.40 bits per heavy atom. The summed E-state index contributed by atoms with van der Waals surface area (Å²) in [6, 6.07) is -1.46. The van der Waals surface area contributed by atoms with Gasteiger partial charge in [0.15, 0.2) is 0 Å². The van der Waals surface area contributed by atoms with Gasteiger partial charge in [-0.15, -0.1) is 0 Å². The summed E-state index contributed by atoms with van der Waals surface area (Å²) in [5.74, 6) is -0.993. The topological polar surface area (TPSA) is 153 Å². The number of carbonyl (C=O) groups is 2. The first-order chi connectivity index (χ1) is 9.54. The van der Waals surface area contributed by atoms with E-state index in [-0.39, 0.29) is 12.3 Å². The molecule has 0 bridgehead atoms. The Morgan fingerprint density at radius 2 is 2.15 bits per heavy atom. The van der Waals surface area contributed by atoms with Crippen LogP contribution in [-0.4, -0.2) is 40.4 Å². The number of aromatic nitrogens is 2. The van der Waals surface area contributed by atoms with Crippen molar-refractivity contribution < 1.29 is 9.59 Å². The monoisotopic (exact) mass is 282 g/mol. The van der Waals surface area contributed by atoms with E-state index in [1.54, 1.807) is 6.20 Å². The lowest BCUT2D eigenvalue weighted by molar-refractivity contribution is -0.128. The standard InChI is InChI=1S/C12H22N6O2/c13-4-2-1-3-9(14)12(20)18-10(11(15)19)5-8-6-16-7-17-8/h6-7,9-10H,1-5,13-14H2,(H2,15,19)(H,16,17)(H,18,20)/t9-,10-/m0/s1. The molecule has 1 aromatic heterocycles. The van der Waals surface area contributed by atoms with Gasteiger partial charge in [0.2, 0.25) is 11.8 Å². The zero-order chi connectivity index (χ0) is 15.0. The van der Waals surface area contributed by atoms with E-state index in [1.807, 2.05) is 0 Å². The maximum atomic E-state index is 11.9. The lowest BCUT2D eigenvalue weighted by Gasteiger charge is -2.18. The van der Waals surface area contributed by atoms with Crippen molar-refractivity contribution in [2.75, 3.05) is 6.54 Å².